The second kappa shape index (κ2) is 9.06. The highest BCUT2D eigenvalue weighted by Gasteiger charge is 2.34. The molecule has 1 heterocycles. The fourth-order valence-corrected chi connectivity index (χ4v) is 5.30. The first-order valence-electron chi connectivity index (χ1n) is 11.2. The van der Waals surface area contributed by atoms with Gasteiger partial charge in [-0.3, -0.25) is 14.5 Å². The van der Waals surface area contributed by atoms with Crippen molar-refractivity contribution in [3.05, 3.63) is 94.5 Å². The highest BCUT2D eigenvalue weighted by atomic mass is 32.2. The van der Waals surface area contributed by atoms with Gasteiger partial charge in [0.25, 0.3) is 5.91 Å². The summed E-state index contributed by atoms with van der Waals surface area (Å²) in [4.78, 5) is 27.5. The molecule has 5 heteroatoms. The van der Waals surface area contributed by atoms with Crippen LogP contribution in [0, 0.1) is 13.8 Å². The first kappa shape index (κ1) is 23.1. The van der Waals surface area contributed by atoms with Crippen molar-refractivity contribution in [1.82, 2.24) is 0 Å². The van der Waals surface area contributed by atoms with Crippen LogP contribution >= 0.6 is 11.8 Å². The Morgan fingerprint density at radius 2 is 1.64 bits per heavy atom. The minimum absolute atomic E-state index is 0.0431. The van der Waals surface area contributed by atoms with Gasteiger partial charge >= 0.3 is 0 Å². The zero-order valence-electron chi connectivity index (χ0n) is 19.8. The maximum absolute atomic E-state index is 12.8. The van der Waals surface area contributed by atoms with Gasteiger partial charge in [0.2, 0.25) is 5.91 Å². The van der Waals surface area contributed by atoms with E-state index in [2.05, 4.69) is 44.3 Å². The quantitative estimate of drug-likeness (QED) is 0.477. The number of nitrogens with one attached hydrogen (secondary N) is 1. The summed E-state index contributed by atoms with van der Waals surface area (Å²) in [5.74, 6) is 0.395. The van der Waals surface area contributed by atoms with E-state index in [-0.39, 0.29) is 22.6 Å². The van der Waals surface area contributed by atoms with Crippen LogP contribution in [0.15, 0.2) is 66.7 Å². The molecular formula is C28H30N2O2S. The van der Waals surface area contributed by atoms with E-state index >= 15 is 0 Å². The molecule has 2 amide bonds. The smallest absolute Gasteiger partial charge is 0.255 e. The molecule has 3 aromatic carbocycles. The number of nitrogens with zero attached hydrogens (tertiary/aromatic N) is 1. The molecule has 0 bridgehead atoms. The number of rotatable bonds is 4. The Balaban J connectivity index is 1.56. The van der Waals surface area contributed by atoms with Crippen molar-refractivity contribution in [2.45, 2.75) is 45.4 Å². The number of anilines is 2. The molecule has 0 radical (unpaired) electrons. The fraction of sp³-hybridized carbons (Fsp3) is 0.286. The second-order valence-electron chi connectivity index (χ2n) is 9.68. The van der Waals surface area contributed by atoms with Gasteiger partial charge in [-0.05, 0) is 77.9 Å². The highest BCUT2D eigenvalue weighted by Crippen LogP contribution is 2.42. The van der Waals surface area contributed by atoms with Crippen LogP contribution in [0.4, 0.5) is 11.4 Å². The molecule has 1 aliphatic rings. The lowest BCUT2D eigenvalue weighted by Crippen LogP contribution is -2.28. The molecule has 33 heavy (non-hydrogen) atoms. The van der Waals surface area contributed by atoms with Crippen LogP contribution in [-0.4, -0.2) is 17.6 Å². The highest BCUT2D eigenvalue weighted by molar-refractivity contribution is 8.00. The van der Waals surface area contributed by atoms with Crippen LogP contribution < -0.4 is 10.2 Å². The summed E-state index contributed by atoms with van der Waals surface area (Å²) in [5.41, 5.74) is 6.75. The average Bonchev–Trinajstić information content (AvgIpc) is 3.14. The summed E-state index contributed by atoms with van der Waals surface area (Å²) < 4.78 is 0. The van der Waals surface area contributed by atoms with Crippen molar-refractivity contribution in [1.29, 1.82) is 0 Å². The van der Waals surface area contributed by atoms with E-state index < -0.39 is 0 Å². The van der Waals surface area contributed by atoms with Gasteiger partial charge in [0, 0.05) is 16.9 Å². The first-order valence-corrected chi connectivity index (χ1v) is 12.2. The van der Waals surface area contributed by atoms with Crippen molar-refractivity contribution in [3.8, 4) is 0 Å². The van der Waals surface area contributed by atoms with Gasteiger partial charge in [0.1, 0.15) is 5.37 Å². The largest absolute Gasteiger partial charge is 0.322 e. The first-order chi connectivity index (χ1) is 15.6. The monoisotopic (exact) mass is 458 g/mol. The maximum atomic E-state index is 12.8. The van der Waals surface area contributed by atoms with Crippen LogP contribution in [0.2, 0.25) is 0 Å². The van der Waals surface area contributed by atoms with Crippen molar-refractivity contribution in [2.24, 2.45) is 0 Å². The zero-order valence-corrected chi connectivity index (χ0v) is 20.6. The van der Waals surface area contributed by atoms with Gasteiger partial charge < -0.3 is 5.32 Å². The molecule has 4 rings (SSSR count). The summed E-state index contributed by atoms with van der Waals surface area (Å²) >= 11 is 1.61. The number of thioether (sulfide) groups is 1. The number of aryl methyl sites for hydroxylation is 2. The molecule has 1 unspecified atom stereocenters. The molecule has 3 aromatic rings. The van der Waals surface area contributed by atoms with Gasteiger partial charge in [0.05, 0.1) is 5.75 Å². The number of benzene rings is 3. The van der Waals surface area contributed by atoms with E-state index in [1.54, 1.807) is 11.8 Å². The lowest BCUT2D eigenvalue weighted by molar-refractivity contribution is -0.115. The molecule has 1 N–H and O–H groups in total. The Morgan fingerprint density at radius 1 is 0.970 bits per heavy atom. The minimum atomic E-state index is -0.145. The number of carbonyl (C=O) groups is 2. The summed E-state index contributed by atoms with van der Waals surface area (Å²) in [7, 11) is 0. The summed E-state index contributed by atoms with van der Waals surface area (Å²) in [6, 6.07) is 21.8. The fourth-order valence-electron chi connectivity index (χ4n) is 4.13. The topological polar surface area (TPSA) is 49.4 Å². The van der Waals surface area contributed by atoms with Crippen LogP contribution in [0.25, 0.3) is 0 Å². The Kier molecular flexibility index (Phi) is 6.35. The van der Waals surface area contributed by atoms with Gasteiger partial charge in [-0.25, -0.2) is 0 Å². The number of hydrogen-bond donors (Lipinski definition) is 1. The van der Waals surface area contributed by atoms with Crippen LogP contribution in [0.1, 0.15) is 58.8 Å². The second-order valence-corrected chi connectivity index (χ2v) is 10.7. The summed E-state index contributed by atoms with van der Waals surface area (Å²) in [6.07, 6.45) is 0. The van der Waals surface area contributed by atoms with E-state index in [0.717, 1.165) is 28.1 Å². The molecule has 1 saturated heterocycles. The van der Waals surface area contributed by atoms with E-state index in [1.165, 1.54) is 5.56 Å². The molecule has 0 aromatic heterocycles. The van der Waals surface area contributed by atoms with Crippen molar-refractivity contribution in [3.63, 3.8) is 0 Å². The third-order valence-corrected chi connectivity index (χ3v) is 7.01. The summed E-state index contributed by atoms with van der Waals surface area (Å²) in [6.45, 7) is 10.6. The Labute approximate surface area is 200 Å². The van der Waals surface area contributed by atoms with E-state index in [0.29, 0.717) is 11.3 Å². The maximum Gasteiger partial charge on any atom is 0.255 e. The van der Waals surface area contributed by atoms with Gasteiger partial charge in [-0.2, -0.15) is 0 Å². The molecular weight excluding hydrogens is 428 g/mol. The van der Waals surface area contributed by atoms with Gasteiger partial charge in [0.15, 0.2) is 0 Å². The SMILES string of the molecule is Cc1cc(C)cc(N2C(=O)CSC2c2cccc(NC(=O)c3ccc(C(C)(C)C)cc3)c2)c1. The molecule has 0 aliphatic carbocycles. The number of carbonyl (C=O) groups excluding carboxylic acids is 2. The molecule has 0 spiro atoms. The minimum Gasteiger partial charge on any atom is -0.322 e. The van der Waals surface area contributed by atoms with Crippen molar-refractivity contribution in [2.75, 3.05) is 16.0 Å². The molecule has 1 aliphatic heterocycles. The summed E-state index contributed by atoms with van der Waals surface area (Å²) in [5, 5.41) is 2.89. The normalized spacial score (nSPS) is 16.2. The van der Waals surface area contributed by atoms with Gasteiger partial charge in [-0.15, -0.1) is 11.8 Å². The van der Waals surface area contributed by atoms with E-state index in [1.807, 2.05) is 67.3 Å². The standard InChI is InChI=1S/C28H30N2O2S/c1-18-13-19(2)15-24(14-18)30-25(31)17-33-27(30)21-7-6-8-23(16-21)29-26(32)20-9-11-22(12-10-20)28(3,4)5/h6-16,27H,17H2,1-5H3,(H,29,32). The predicted octanol–water partition coefficient (Wildman–Crippen LogP) is 6.63. The molecule has 1 atom stereocenters. The Morgan fingerprint density at radius 3 is 2.27 bits per heavy atom. The van der Waals surface area contributed by atoms with E-state index in [4.69, 9.17) is 0 Å². The molecule has 170 valence electrons. The van der Waals surface area contributed by atoms with Crippen LogP contribution in [0.5, 0.6) is 0 Å². The van der Waals surface area contributed by atoms with E-state index in [9.17, 15) is 9.59 Å². The average molecular weight is 459 g/mol. The van der Waals surface area contributed by atoms with Crippen molar-refractivity contribution < 1.29 is 9.59 Å². The Hall–Kier alpha value is -3.05. The number of amides is 2. The zero-order chi connectivity index (χ0) is 23.8. The molecule has 4 nitrogen and oxygen atoms in total. The third kappa shape index (κ3) is 5.14. The Bertz CT molecular complexity index is 1180. The van der Waals surface area contributed by atoms with Crippen molar-refractivity contribution >= 4 is 35.0 Å². The van der Waals surface area contributed by atoms with Gasteiger partial charge in [-0.1, -0.05) is 51.1 Å². The lowest BCUT2D eigenvalue weighted by atomic mass is 9.87. The third-order valence-electron chi connectivity index (χ3n) is 5.80. The van der Waals surface area contributed by atoms with Crippen LogP contribution in [-0.2, 0) is 10.2 Å². The lowest BCUT2D eigenvalue weighted by Gasteiger charge is -2.25. The number of hydrogen-bond acceptors (Lipinski definition) is 3. The van der Waals surface area contributed by atoms with Crippen LogP contribution in [0.3, 0.4) is 0 Å². The molecule has 0 saturated carbocycles. The predicted molar refractivity (Wildman–Crippen MR) is 138 cm³/mol. The molecule has 1 fully saturated rings.